The van der Waals surface area contributed by atoms with Gasteiger partial charge in [0.2, 0.25) is 0 Å². The Morgan fingerprint density at radius 2 is 2.31 bits per heavy atom. The van der Waals surface area contributed by atoms with E-state index in [1.54, 1.807) is 6.07 Å². The molecule has 2 atom stereocenters. The zero-order valence-electron chi connectivity index (χ0n) is 7.33. The predicted molar refractivity (Wildman–Crippen MR) is 46.1 cm³/mol. The predicted octanol–water partition coefficient (Wildman–Crippen LogP) is 2.03. The summed E-state index contributed by atoms with van der Waals surface area (Å²) in [5, 5.41) is 9.62. The highest BCUT2D eigenvalue weighted by atomic mass is 19.1. The van der Waals surface area contributed by atoms with Gasteiger partial charge in [-0.2, -0.15) is 0 Å². The number of benzene rings is 1. The minimum Gasteiger partial charge on any atom is -0.490 e. The summed E-state index contributed by atoms with van der Waals surface area (Å²) >= 11 is 0. The lowest BCUT2D eigenvalue weighted by molar-refractivity contribution is 0.0746. The summed E-state index contributed by atoms with van der Waals surface area (Å²) in [4.78, 5) is 0. The number of aliphatic hydroxyl groups excluding tert-OH is 1. The van der Waals surface area contributed by atoms with E-state index < -0.39 is 6.10 Å². The molecule has 1 N–H and O–H groups in total. The molecule has 1 aromatic rings. The van der Waals surface area contributed by atoms with Gasteiger partial charge in [0.15, 0.2) is 0 Å². The summed E-state index contributed by atoms with van der Waals surface area (Å²) in [6.07, 6.45) is -0.0119. The summed E-state index contributed by atoms with van der Waals surface area (Å²) in [5.74, 6) is 0.131. The maximum atomic E-state index is 12.8. The molecule has 0 radical (unpaired) electrons. The molecule has 0 bridgehead atoms. The molecule has 1 aliphatic rings. The number of rotatable bonds is 0. The third-order valence-corrected chi connectivity index (χ3v) is 2.22. The molecule has 1 heterocycles. The minimum atomic E-state index is -0.528. The van der Waals surface area contributed by atoms with Gasteiger partial charge >= 0.3 is 0 Å². The quantitative estimate of drug-likeness (QED) is 0.665. The summed E-state index contributed by atoms with van der Waals surface area (Å²) in [7, 11) is 0. The molecule has 13 heavy (non-hydrogen) atoms. The maximum absolute atomic E-state index is 12.8. The van der Waals surface area contributed by atoms with Crippen molar-refractivity contribution in [3.8, 4) is 5.75 Å². The van der Waals surface area contributed by atoms with E-state index >= 15 is 0 Å². The Morgan fingerprint density at radius 3 is 3.08 bits per heavy atom. The van der Waals surface area contributed by atoms with Crippen LogP contribution in [0.4, 0.5) is 4.39 Å². The summed E-state index contributed by atoms with van der Waals surface area (Å²) in [6, 6.07) is 4.22. The van der Waals surface area contributed by atoms with Gasteiger partial charge in [-0.3, -0.25) is 0 Å². The van der Waals surface area contributed by atoms with E-state index in [-0.39, 0.29) is 11.9 Å². The number of fused-ring (bicyclic) bond motifs is 1. The zero-order chi connectivity index (χ0) is 9.42. The minimum absolute atomic E-state index is 0.0516. The van der Waals surface area contributed by atoms with Gasteiger partial charge in [0, 0.05) is 18.1 Å². The SMILES string of the molecule is CC1C[C@@H](O)c2ccc(F)cc2O1. The summed E-state index contributed by atoms with van der Waals surface area (Å²) in [6.45, 7) is 1.86. The second-order valence-electron chi connectivity index (χ2n) is 3.36. The van der Waals surface area contributed by atoms with E-state index in [9.17, 15) is 9.50 Å². The van der Waals surface area contributed by atoms with Gasteiger partial charge < -0.3 is 9.84 Å². The van der Waals surface area contributed by atoms with Crippen molar-refractivity contribution in [2.24, 2.45) is 0 Å². The van der Waals surface area contributed by atoms with Crippen molar-refractivity contribution < 1.29 is 14.2 Å². The van der Waals surface area contributed by atoms with Crippen molar-refractivity contribution >= 4 is 0 Å². The van der Waals surface area contributed by atoms with Gasteiger partial charge in [0.1, 0.15) is 11.6 Å². The van der Waals surface area contributed by atoms with Crippen LogP contribution in [0.5, 0.6) is 5.75 Å². The van der Waals surface area contributed by atoms with Crippen molar-refractivity contribution in [1.82, 2.24) is 0 Å². The van der Waals surface area contributed by atoms with Crippen molar-refractivity contribution in [3.63, 3.8) is 0 Å². The molecule has 3 heteroatoms. The number of hydrogen-bond donors (Lipinski definition) is 1. The smallest absolute Gasteiger partial charge is 0.128 e. The van der Waals surface area contributed by atoms with Gasteiger partial charge in [-0.25, -0.2) is 4.39 Å². The first-order valence-corrected chi connectivity index (χ1v) is 4.31. The van der Waals surface area contributed by atoms with E-state index in [0.29, 0.717) is 17.7 Å². The van der Waals surface area contributed by atoms with E-state index in [0.717, 1.165) is 0 Å². The molecule has 0 amide bonds. The van der Waals surface area contributed by atoms with Crippen LogP contribution in [0.15, 0.2) is 18.2 Å². The monoisotopic (exact) mass is 182 g/mol. The lowest BCUT2D eigenvalue weighted by atomic mass is 10.00. The number of ether oxygens (including phenoxy) is 1. The third-order valence-electron chi connectivity index (χ3n) is 2.22. The molecule has 1 aromatic carbocycles. The van der Waals surface area contributed by atoms with E-state index in [1.807, 2.05) is 6.92 Å². The lowest BCUT2D eigenvalue weighted by Gasteiger charge is -2.27. The molecule has 0 aliphatic carbocycles. The van der Waals surface area contributed by atoms with Gasteiger partial charge in [0.05, 0.1) is 12.2 Å². The van der Waals surface area contributed by atoms with Crippen molar-refractivity contribution in [3.05, 3.63) is 29.6 Å². The van der Waals surface area contributed by atoms with Crippen LogP contribution in [0.25, 0.3) is 0 Å². The van der Waals surface area contributed by atoms with Crippen molar-refractivity contribution in [1.29, 1.82) is 0 Å². The molecule has 0 aromatic heterocycles. The molecule has 70 valence electrons. The Bertz CT molecular complexity index is 325. The molecule has 0 fully saturated rings. The van der Waals surface area contributed by atoms with Crippen molar-refractivity contribution in [2.75, 3.05) is 0 Å². The average molecular weight is 182 g/mol. The second-order valence-corrected chi connectivity index (χ2v) is 3.36. The van der Waals surface area contributed by atoms with Crippen LogP contribution >= 0.6 is 0 Å². The van der Waals surface area contributed by atoms with Gasteiger partial charge in [0.25, 0.3) is 0 Å². The van der Waals surface area contributed by atoms with Crippen molar-refractivity contribution in [2.45, 2.75) is 25.6 Å². The molecule has 2 rings (SSSR count). The average Bonchev–Trinajstić information content (AvgIpc) is 2.02. The van der Waals surface area contributed by atoms with E-state index in [4.69, 9.17) is 4.74 Å². The fourth-order valence-corrected chi connectivity index (χ4v) is 1.59. The Kier molecular flexibility index (Phi) is 1.96. The lowest BCUT2D eigenvalue weighted by Crippen LogP contribution is -2.22. The van der Waals surface area contributed by atoms with Crippen LogP contribution in [0.1, 0.15) is 25.0 Å². The Hall–Kier alpha value is -1.09. The van der Waals surface area contributed by atoms with Crippen LogP contribution < -0.4 is 4.74 Å². The fourth-order valence-electron chi connectivity index (χ4n) is 1.59. The first-order valence-electron chi connectivity index (χ1n) is 4.31. The normalized spacial score (nSPS) is 26.4. The highest BCUT2D eigenvalue weighted by Gasteiger charge is 2.24. The zero-order valence-corrected chi connectivity index (χ0v) is 7.33. The van der Waals surface area contributed by atoms with E-state index in [1.165, 1.54) is 12.1 Å². The van der Waals surface area contributed by atoms with Crippen LogP contribution in [-0.2, 0) is 0 Å². The molecular weight excluding hydrogens is 171 g/mol. The van der Waals surface area contributed by atoms with Gasteiger partial charge in [-0.05, 0) is 19.1 Å². The van der Waals surface area contributed by atoms with E-state index in [2.05, 4.69) is 0 Å². The fraction of sp³-hybridized carbons (Fsp3) is 0.400. The largest absolute Gasteiger partial charge is 0.490 e. The number of hydrogen-bond acceptors (Lipinski definition) is 2. The molecule has 0 saturated heterocycles. The molecular formula is C10H11FO2. The maximum Gasteiger partial charge on any atom is 0.128 e. The van der Waals surface area contributed by atoms with Gasteiger partial charge in [-0.1, -0.05) is 0 Å². The first-order chi connectivity index (χ1) is 6.16. The topological polar surface area (TPSA) is 29.5 Å². The highest BCUT2D eigenvalue weighted by molar-refractivity contribution is 5.37. The summed E-state index contributed by atoms with van der Waals surface area (Å²) in [5.41, 5.74) is 0.680. The standard InChI is InChI=1S/C10H11FO2/c1-6-4-9(12)8-3-2-7(11)5-10(8)13-6/h2-3,5-6,9,12H,4H2,1H3/t6?,9-/m1/s1. The highest BCUT2D eigenvalue weighted by Crippen LogP contribution is 2.34. The molecule has 1 unspecified atom stereocenters. The van der Waals surface area contributed by atoms with Crippen LogP contribution in [0, 0.1) is 5.82 Å². The Labute approximate surface area is 76.0 Å². The van der Waals surface area contributed by atoms with Gasteiger partial charge in [-0.15, -0.1) is 0 Å². The number of halogens is 1. The first kappa shape index (κ1) is 8.51. The second kappa shape index (κ2) is 3.00. The van der Waals surface area contributed by atoms with Crippen LogP contribution in [0.2, 0.25) is 0 Å². The molecule has 0 saturated carbocycles. The van der Waals surface area contributed by atoms with Crippen LogP contribution in [0.3, 0.4) is 0 Å². The Balaban J connectivity index is 2.43. The molecule has 2 nitrogen and oxygen atoms in total. The molecule has 0 spiro atoms. The number of aliphatic hydroxyl groups is 1. The van der Waals surface area contributed by atoms with Crippen LogP contribution in [-0.4, -0.2) is 11.2 Å². The Morgan fingerprint density at radius 1 is 1.54 bits per heavy atom. The molecule has 1 aliphatic heterocycles. The summed E-state index contributed by atoms with van der Waals surface area (Å²) < 4.78 is 18.2. The third kappa shape index (κ3) is 1.52.